The topological polar surface area (TPSA) is 72.3 Å². The molecule has 14 heavy (non-hydrogen) atoms. The summed E-state index contributed by atoms with van der Waals surface area (Å²) in [6, 6.07) is 4.70. The SMILES string of the molecule is CCC(N)C(O)c1cc(N)ccc1Cl. The van der Waals surface area contributed by atoms with Crippen LogP contribution in [0.25, 0.3) is 0 Å². The highest BCUT2D eigenvalue weighted by molar-refractivity contribution is 6.31. The minimum absolute atomic E-state index is 0.311. The quantitative estimate of drug-likeness (QED) is 0.671. The number of aliphatic hydroxyl groups is 1. The molecule has 2 atom stereocenters. The van der Waals surface area contributed by atoms with Gasteiger partial charge in [0, 0.05) is 22.3 Å². The van der Waals surface area contributed by atoms with Crippen molar-refractivity contribution in [1.82, 2.24) is 0 Å². The van der Waals surface area contributed by atoms with Crippen molar-refractivity contribution in [2.75, 3.05) is 5.73 Å². The van der Waals surface area contributed by atoms with Crippen LogP contribution in [0.3, 0.4) is 0 Å². The molecule has 0 radical (unpaired) electrons. The van der Waals surface area contributed by atoms with Crippen molar-refractivity contribution in [3.63, 3.8) is 0 Å². The third-order valence-electron chi connectivity index (χ3n) is 2.22. The molecule has 2 unspecified atom stereocenters. The Morgan fingerprint density at radius 1 is 1.50 bits per heavy atom. The molecular weight excluding hydrogens is 200 g/mol. The van der Waals surface area contributed by atoms with Crippen molar-refractivity contribution >= 4 is 17.3 Å². The second kappa shape index (κ2) is 4.64. The maximum Gasteiger partial charge on any atom is 0.0955 e. The summed E-state index contributed by atoms with van der Waals surface area (Å²) in [5.74, 6) is 0. The summed E-state index contributed by atoms with van der Waals surface area (Å²) in [7, 11) is 0. The van der Waals surface area contributed by atoms with Gasteiger partial charge < -0.3 is 16.6 Å². The van der Waals surface area contributed by atoms with Crippen molar-refractivity contribution in [2.24, 2.45) is 5.73 Å². The zero-order valence-electron chi connectivity index (χ0n) is 8.07. The normalized spacial score (nSPS) is 15.1. The van der Waals surface area contributed by atoms with Gasteiger partial charge in [-0.2, -0.15) is 0 Å². The van der Waals surface area contributed by atoms with E-state index in [2.05, 4.69) is 0 Å². The van der Waals surface area contributed by atoms with E-state index < -0.39 is 6.10 Å². The predicted octanol–water partition coefficient (Wildman–Crippen LogP) is 1.69. The summed E-state index contributed by atoms with van der Waals surface area (Å²) in [5, 5.41) is 10.3. The van der Waals surface area contributed by atoms with Crippen molar-refractivity contribution in [1.29, 1.82) is 0 Å². The number of nitrogen functional groups attached to an aromatic ring is 1. The zero-order chi connectivity index (χ0) is 10.7. The Morgan fingerprint density at radius 2 is 2.14 bits per heavy atom. The molecule has 0 aliphatic carbocycles. The lowest BCUT2D eigenvalue weighted by atomic mass is 10.0. The van der Waals surface area contributed by atoms with Crippen LogP contribution in [0.2, 0.25) is 5.02 Å². The molecular formula is C10H15ClN2O. The third kappa shape index (κ3) is 2.38. The molecule has 0 heterocycles. The number of nitrogens with two attached hydrogens (primary N) is 2. The standard InChI is InChI=1S/C10H15ClN2O/c1-2-9(13)10(14)7-5-6(12)3-4-8(7)11/h3-5,9-10,14H,2,12-13H2,1H3. The predicted molar refractivity (Wildman–Crippen MR) is 59.1 cm³/mol. The molecule has 5 N–H and O–H groups in total. The molecule has 1 rings (SSSR count). The van der Waals surface area contributed by atoms with E-state index in [9.17, 15) is 5.11 Å². The highest BCUT2D eigenvalue weighted by atomic mass is 35.5. The van der Waals surface area contributed by atoms with Gasteiger partial charge in [0.1, 0.15) is 0 Å². The molecule has 78 valence electrons. The van der Waals surface area contributed by atoms with Crippen LogP contribution >= 0.6 is 11.6 Å². The van der Waals surface area contributed by atoms with Crippen molar-refractivity contribution in [2.45, 2.75) is 25.5 Å². The molecule has 0 saturated carbocycles. The smallest absolute Gasteiger partial charge is 0.0955 e. The van der Waals surface area contributed by atoms with Gasteiger partial charge in [-0.1, -0.05) is 18.5 Å². The van der Waals surface area contributed by atoms with E-state index in [0.717, 1.165) is 0 Å². The van der Waals surface area contributed by atoms with Gasteiger partial charge in [0.15, 0.2) is 0 Å². The highest BCUT2D eigenvalue weighted by Gasteiger charge is 2.17. The maximum atomic E-state index is 9.83. The summed E-state index contributed by atoms with van der Waals surface area (Å²) in [6.07, 6.45) is -0.0669. The van der Waals surface area contributed by atoms with Gasteiger partial charge in [-0.25, -0.2) is 0 Å². The first kappa shape index (κ1) is 11.3. The number of benzene rings is 1. The molecule has 3 nitrogen and oxygen atoms in total. The summed E-state index contributed by atoms with van der Waals surface area (Å²) in [5.41, 5.74) is 12.5. The number of anilines is 1. The van der Waals surface area contributed by atoms with E-state index in [1.54, 1.807) is 18.2 Å². The van der Waals surface area contributed by atoms with Crippen molar-refractivity contribution in [3.8, 4) is 0 Å². The Morgan fingerprint density at radius 3 is 2.71 bits per heavy atom. The average molecular weight is 215 g/mol. The molecule has 0 spiro atoms. The Bertz CT molecular complexity index is 317. The molecule has 0 fully saturated rings. The monoisotopic (exact) mass is 214 g/mol. The van der Waals surface area contributed by atoms with Crippen LogP contribution in [0, 0.1) is 0 Å². The van der Waals surface area contributed by atoms with E-state index in [4.69, 9.17) is 23.1 Å². The van der Waals surface area contributed by atoms with E-state index in [0.29, 0.717) is 22.7 Å². The lowest BCUT2D eigenvalue weighted by Gasteiger charge is -2.18. The first-order chi connectivity index (χ1) is 6.56. The molecule has 4 heteroatoms. The number of hydrogen-bond acceptors (Lipinski definition) is 3. The Balaban J connectivity index is 2.99. The maximum absolute atomic E-state index is 9.83. The first-order valence-corrected chi connectivity index (χ1v) is 4.92. The number of hydrogen-bond donors (Lipinski definition) is 3. The van der Waals surface area contributed by atoms with E-state index in [-0.39, 0.29) is 6.04 Å². The summed E-state index contributed by atoms with van der Waals surface area (Å²) in [4.78, 5) is 0. The number of aliphatic hydroxyl groups excluding tert-OH is 1. The van der Waals surface area contributed by atoms with Crippen LogP contribution in [0.1, 0.15) is 25.0 Å². The molecule has 0 bridgehead atoms. The fourth-order valence-electron chi connectivity index (χ4n) is 1.24. The third-order valence-corrected chi connectivity index (χ3v) is 2.56. The highest BCUT2D eigenvalue weighted by Crippen LogP contribution is 2.27. The minimum Gasteiger partial charge on any atom is -0.399 e. The molecule has 0 saturated heterocycles. The van der Waals surface area contributed by atoms with Crippen LogP contribution in [0.4, 0.5) is 5.69 Å². The summed E-state index contributed by atoms with van der Waals surface area (Å²) < 4.78 is 0. The Labute approximate surface area is 88.7 Å². The van der Waals surface area contributed by atoms with Gasteiger partial charge >= 0.3 is 0 Å². The largest absolute Gasteiger partial charge is 0.399 e. The average Bonchev–Trinajstić information content (AvgIpc) is 2.19. The van der Waals surface area contributed by atoms with Crippen LogP contribution in [0.15, 0.2) is 18.2 Å². The first-order valence-electron chi connectivity index (χ1n) is 4.54. The number of rotatable bonds is 3. The van der Waals surface area contributed by atoms with Crippen LogP contribution in [0.5, 0.6) is 0 Å². The van der Waals surface area contributed by atoms with Crippen molar-refractivity contribution in [3.05, 3.63) is 28.8 Å². The molecule has 0 aliphatic heterocycles. The van der Waals surface area contributed by atoms with Gasteiger partial charge in [-0.15, -0.1) is 0 Å². The molecule has 0 amide bonds. The van der Waals surface area contributed by atoms with Gasteiger partial charge in [0.25, 0.3) is 0 Å². The van der Waals surface area contributed by atoms with E-state index >= 15 is 0 Å². The lowest BCUT2D eigenvalue weighted by Crippen LogP contribution is -2.27. The summed E-state index contributed by atoms with van der Waals surface area (Å²) in [6.45, 7) is 1.91. The molecule has 1 aromatic rings. The Kier molecular flexibility index (Phi) is 3.75. The van der Waals surface area contributed by atoms with Gasteiger partial charge in [-0.3, -0.25) is 0 Å². The number of halogens is 1. The Hall–Kier alpha value is -0.770. The van der Waals surface area contributed by atoms with Crippen LogP contribution < -0.4 is 11.5 Å². The second-order valence-corrected chi connectivity index (χ2v) is 3.71. The van der Waals surface area contributed by atoms with E-state index in [1.807, 2.05) is 6.92 Å². The van der Waals surface area contributed by atoms with Gasteiger partial charge in [0.2, 0.25) is 0 Å². The van der Waals surface area contributed by atoms with Gasteiger partial charge in [0.05, 0.1) is 6.10 Å². The lowest BCUT2D eigenvalue weighted by molar-refractivity contribution is 0.144. The van der Waals surface area contributed by atoms with Crippen LogP contribution in [-0.4, -0.2) is 11.1 Å². The molecule has 0 aliphatic rings. The summed E-state index contributed by atoms with van der Waals surface area (Å²) >= 11 is 5.92. The van der Waals surface area contributed by atoms with Gasteiger partial charge in [-0.05, 0) is 24.6 Å². The fraction of sp³-hybridized carbons (Fsp3) is 0.400. The molecule has 1 aromatic carbocycles. The molecule has 0 aromatic heterocycles. The second-order valence-electron chi connectivity index (χ2n) is 3.30. The minimum atomic E-state index is -0.754. The van der Waals surface area contributed by atoms with Crippen molar-refractivity contribution < 1.29 is 5.11 Å². The van der Waals surface area contributed by atoms with E-state index in [1.165, 1.54) is 0 Å². The fourth-order valence-corrected chi connectivity index (χ4v) is 1.47. The van der Waals surface area contributed by atoms with Crippen LogP contribution in [-0.2, 0) is 0 Å². The zero-order valence-corrected chi connectivity index (χ0v) is 8.83.